The Balaban J connectivity index is 1.99. The lowest BCUT2D eigenvalue weighted by molar-refractivity contribution is -0.413. The van der Waals surface area contributed by atoms with E-state index in [1.165, 1.54) is 23.1 Å². The summed E-state index contributed by atoms with van der Waals surface area (Å²) < 4.78 is 0. The second kappa shape index (κ2) is 9.18. The Bertz CT molecular complexity index is 940. The van der Waals surface area contributed by atoms with E-state index in [1.807, 2.05) is 35.0 Å². The minimum absolute atomic E-state index is 0.0817. The second-order valence-corrected chi connectivity index (χ2v) is 8.60. The Labute approximate surface area is 171 Å². The van der Waals surface area contributed by atoms with Gasteiger partial charge in [-0.15, -0.1) is 22.7 Å². The van der Waals surface area contributed by atoms with Crippen LogP contribution in [0.1, 0.15) is 29.1 Å². The highest BCUT2D eigenvalue weighted by molar-refractivity contribution is 7.99. The number of ketones is 1. The molecule has 4 nitrogen and oxygen atoms in total. The number of thiophene rings is 2. The van der Waals surface area contributed by atoms with Gasteiger partial charge in [0.1, 0.15) is 6.07 Å². The van der Waals surface area contributed by atoms with E-state index in [1.54, 1.807) is 11.3 Å². The number of rotatable bonds is 8. The number of nitrogens with one attached hydrogen (secondary N) is 1. The summed E-state index contributed by atoms with van der Waals surface area (Å²) in [6, 6.07) is 12.2. The van der Waals surface area contributed by atoms with Crippen molar-refractivity contribution < 1.29 is 9.78 Å². The number of carbonyl (C=O) groups excluding carboxylic acids is 1. The van der Waals surface area contributed by atoms with Gasteiger partial charge in [-0.1, -0.05) is 12.1 Å². The summed E-state index contributed by atoms with van der Waals surface area (Å²) in [5, 5.41) is 14.5. The molecule has 0 fully saturated rings. The number of anilines is 1. The molecule has 0 amide bonds. The molecule has 3 rings (SSSR count). The van der Waals surface area contributed by atoms with Crippen LogP contribution in [0.5, 0.6) is 0 Å². The largest absolute Gasteiger partial charge is 0.371 e. The van der Waals surface area contributed by atoms with E-state index in [4.69, 9.17) is 0 Å². The zero-order valence-electron chi connectivity index (χ0n) is 15.2. The average molecular weight is 415 g/mol. The molecule has 138 valence electrons. The highest BCUT2D eigenvalue weighted by Gasteiger charge is 2.24. The van der Waals surface area contributed by atoms with Gasteiger partial charge in [-0.25, -0.2) is 0 Å². The second-order valence-electron chi connectivity index (χ2n) is 5.72. The first-order valence-electron chi connectivity index (χ1n) is 8.66. The summed E-state index contributed by atoms with van der Waals surface area (Å²) in [7, 11) is 0. The molecule has 0 radical (unpaired) electrons. The number of aromatic nitrogens is 1. The van der Waals surface area contributed by atoms with Crippen LogP contribution in [-0.2, 0) is 0 Å². The normalized spacial score (nSPS) is 10.6. The highest BCUT2D eigenvalue weighted by Crippen LogP contribution is 2.32. The Morgan fingerprint density at radius 2 is 1.96 bits per heavy atom. The van der Waals surface area contributed by atoms with Gasteiger partial charge in [-0.05, 0) is 48.5 Å². The van der Waals surface area contributed by atoms with Crippen molar-refractivity contribution in [3.8, 4) is 16.6 Å². The van der Waals surface area contributed by atoms with Gasteiger partial charge in [0.15, 0.2) is 11.3 Å². The molecule has 3 heterocycles. The Morgan fingerprint density at radius 1 is 1.22 bits per heavy atom. The van der Waals surface area contributed by atoms with Gasteiger partial charge in [0.2, 0.25) is 5.69 Å². The van der Waals surface area contributed by atoms with E-state index in [0.717, 1.165) is 39.3 Å². The maximum Gasteiger partial charge on any atom is 0.259 e. The topological polar surface area (TPSA) is 58.2 Å². The van der Waals surface area contributed by atoms with Crippen molar-refractivity contribution in [2.45, 2.75) is 18.9 Å². The third-order valence-corrected chi connectivity index (χ3v) is 6.97. The van der Waals surface area contributed by atoms with E-state index < -0.39 is 0 Å². The third-order valence-electron chi connectivity index (χ3n) is 4.16. The lowest BCUT2D eigenvalue weighted by Gasteiger charge is -2.22. The maximum absolute atomic E-state index is 12.4. The zero-order valence-corrected chi connectivity index (χ0v) is 17.6. The van der Waals surface area contributed by atoms with Crippen molar-refractivity contribution in [2.75, 3.05) is 23.7 Å². The minimum atomic E-state index is 0.0817. The van der Waals surface area contributed by atoms with Crippen LogP contribution in [0.25, 0.3) is 10.6 Å². The van der Waals surface area contributed by atoms with Gasteiger partial charge < -0.3 is 4.90 Å². The van der Waals surface area contributed by atoms with Crippen LogP contribution >= 0.6 is 34.4 Å². The summed E-state index contributed by atoms with van der Waals surface area (Å²) in [4.78, 5) is 19.8. The lowest BCUT2D eigenvalue weighted by Crippen LogP contribution is -2.25. The summed E-state index contributed by atoms with van der Waals surface area (Å²) in [6.07, 6.45) is 0. The molecular weight excluding hydrogens is 394 g/mol. The number of pyridine rings is 1. The number of hydrogen-bond acceptors (Lipinski definition) is 6. The number of Topliss-reactive ketones (excluding diaryl/α,β-unsaturated/α-hetero) is 1. The molecule has 0 atom stereocenters. The van der Waals surface area contributed by atoms with Gasteiger partial charge in [0, 0.05) is 19.2 Å². The fourth-order valence-electron chi connectivity index (χ4n) is 2.79. The first-order chi connectivity index (χ1) is 13.2. The summed E-state index contributed by atoms with van der Waals surface area (Å²) >= 11 is 4.50. The molecule has 0 aliphatic carbocycles. The monoisotopic (exact) mass is 414 g/mol. The summed E-state index contributed by atoms with van der Waals surface area (Å²) in [5.41, 5.74) is 2.48. The Morgan fingerprint density at radius 3 is 2.56 bits per heavy atom. The summed E-state index contributed by atoms with van der Waals surface area (Å²) in [5.74, 6) is 0.385. The van der Waals surface area contributed by atoms with E-state index in [9.17, 15) is 10.1 Å². The molecule has 27 heavy (non-hydrogen) atoms. The molecule has 0 bridgehead atoms. The predicted molar refractivity (Wildman–Crippen MR) is 114 cm³/mol. The fraction of sp³-hybridized carbons (Fsp3) is 0.250. The third kappa shape index (κ3) is 4.41. The van der Waals surface area contributed by atoms with Crippen LogP contribution < -0.4 is 9.88 Å². The molecule has 0 aliphatic heterocycles. The van der Waals surface area contributed by atoms with Gasteiger partial charge in [0.25, 0.3) is 5.03 Å². The van der Waals surface area contributed by atoms with Crippen molar-refractivity contribution >= 4 is 45.9 Å². The molecule has 0 spiro atoms. The van der Waals surface area contributed by atoms with Gasteiger partial charge in [-0.3, -0.25) is 4.79 Å². The van der Waals surface area contributed by atoms with E-state index in [0.29, 0.717) is 11.3 Å². The standard InChI is InChI=1S/C20H19N3OS3/c1-3-23(4-2)16-11-15(18-7-5-9-25-18)22-20(14(16)12-21)27-13-17(24)19-8-6-10-26-19/h5-11H,3-4,13H2,1-2H3/p+1. The number of nitriles is 1. The molecule has 0 unspecified atom stereocenters. The van der Waals surface area contributed by atoms with Crippen LogP contribution in [-0.4, -0.2) is 24.6 Å². The van der Waals surface area contributed by atoms with Crippen LogP contribution in [0.4, 0.5) is 5.69 Å². The number of thioether (sulfide) groups is 1. The van der Waals surface area contributed by atoms with Gasteiger partial charge in [-0.2, -0.15) is 10.2 Å². The zero-order chi connectivity index (χ0) is 19.2. The van der Waals surface area contributed by atoms with Crippen LogP contribution in [0, 0.1) is 11.3 Å². The molecule has 3 aromatic rings. The van der Waals surface area contributed by atoms with E-state index in [-0.39, 0.29) is 5.78 Å². The summed E-state index contributed by atoms with van der Waals surface area (Å²) in [6.45, 7) is 5.80. The maximum atomic E-state index is 12.4. The Kier molecular flexibility index (Phi) is 6.67. The molecular formula is C20H20N3OS3+. The first kappa shape index (κ1) is 19.6. The molecule has 3 aromatic heterocycles. The quantitative estimate of drug-likeness (QED) is 0.385. The SMILES string of the molecule is CCN(CC)c1cc(-c2cccs2)[nH+]c(SCC(=O)c2cccs2)c1C#N. The van der Waals surface area contributed by atoms with Gasteiger partial charge >= 0.3 is 0 Å². The van der Waals surface area contributed by atoms with E-state index in [2.05, 4.69) is 35.9 Å². The molecule has 0 saturated carbocycles. The van der Waals surface area contributed by atoms with Crippen molar-refractivity contribution in [1.29, 1.82) is 5.26 Å². The van der Waals surface area contributed by atoms with Crippen LogP contribution in [0.15, 0.2) is 46.1 Å². The highest BCUT2D eigenvalue weighted by atomic mass is 32.2. The van der Waals surface area contributed by atoms with Crippen LogP contribution in [0.3, 0.4) is 0 Å². The predicted octanol–water partition coefficient (Wildman–Crippen LogP) is 4.98. The van der Waals surface area contributed by atoms with E-state index >= 15 is 0 Å². The lowest BCUT2D eigenvalue weighted by atomic mass is 10.2. The van der Waals surface area contributed by atoms with Crippen molar-refractivity contribution in [3.05, 3.63) is 51.5 Å². The molecule has 0 saturated heterocycles. The molecule has 0 aromatic carbocycles. The molecule has 0 aliphatic rings. The van der Waals surface area contributed by atoms with Gasteiger partial charge in [0.05, 0.1) is 21.2 Å². The number of nitrogens with zero attached hydrogens (tertiary/aromatic N) is 2. The number of hydrogen-bond donors (Lipinski definition) is 0. The number of carbonyl (C=O) groups is 1. The Hall–Kier alpha value is -2.14. The van der Waals surface area contributed by atoms with Crippen LogP contribution in [0.2, 0.25) is 0 Å². The smallest absolute Gasteiger partial charge is 0.259 e. The minimum Gasteiger partial charge on any atom is -0.371 e. The van der Waals surface area contributed by atoms with Crippen molar-refractivity contribution in [3.63, 3.8) is 0 Å². The first-order valence-corrected chi connectivity index (χ1v) is 11.4. The molecule has 7 heteroatoms. The number of aromatic amines is 1. The van der Waals surface area contributed by atoms with Crippen molar-refractivity contribution in [1.82, 2.24) is 0 Å². The molecule has 1 N–H and O–H groups in total. The fourth-order valence-corrected chi connectivity index (χ4v) is 5.15. The average Bonchev–Trinajstić information content (AvgIpc) is 3.40. The number of H-pyrrole nitrogens is 1. The van der Waals surface area contributed by atoms with Crippen molar-refractivity contribution in [2.24, 2.45) is 0 Å².